The van der Waals surface area contributed by atoms with Gasteiger partial charge in [-0.25, -0.2) is 0 Å². The first kappa shape index (κ1) is 12.6. The van der Waals surface area contributed by atoms with Crippen LogP contribution in [-0.2, 0) is 4.79 Å². The molecule has 0 bridgehead atoms. The second-order valence-electron chi connectivity index (χ2n) is 3.35. The van der Waals surface area contributed by atoms with E-state index in [1.165, 1.54) is 13.0 Å². The average Bonchev–Trinajstić information content (AvgIpc) is 2.20. The normalized spacial score (nSPS) is 11.3. The molecule has 0 unspecified atom stereocenters. The molecule has 0 aliphatic rings. The Labute approximate surface area is 101 Å². The van der Waals surface area contributed by atoms with Crippen LogP contribution in [0.2, 0.25) is 0 Å². The van der Waals surface area contributed by atoms with Crippen LogP contribution in [0.15, 0.2) is 28.2 Å². The van der Waals surface area contributed by atoms with E-state index in [-0.39, 0.29) is 11.5 Å². The van der Waals surface area contributed by atoms with Crippen LogP contribution in [0.3, 0.4) is 0 Å². The van der Waals surface area contributed by atoms with Crippen molar-refractivity contribution >= 4 is 33.5 Å². The van der Waals surface area contributed by atoms with Crippen molar-refractivity contribution in [2.45, 2.75) is 13.8 Å². The molecule has 0 N–H and O–H groups in total. The van der Waals surface area contributed by atoms with Crippen LogP contribution in [0.1, 0.15) is 19.4 Å². The lowest BCUT2D eigenvalue weighted by Gasteiger charge is -1.99. The molecule has 0 atom stereocenters. The van der Waals surface area contributed by atoms with Crippen molar-refractivity contribution in [2.75, 3.05) is 0 Å². The summed E-state index contributed by atoms with van der Waals surface area (Å²) in [6, 6.07) is 4.73. The van der Waals surface area contributed by atoms with Gasteiger partial charge in [-0.3, -0.25) is 14.9 Å². The SMILES string of the molecule is CC(=O)/C(C)=C/c1ccc(Br)c([N+](=O)[O-])c1. The molecule has 0 fully saturated rings. The van der Waals surface area contributed by atoms with E-state index in [0.717, 1.165) is 0 Å². The Balaban J connectivity index is 3.18. The van der Waals surface area contributed by atoms with Gasteiger partial charge in [0.1, 0.15) is 0 Å². The number of nitro benzene ring substituents is 1. The summed E-state index contributed by atoms with van der Waals surface area (Å²) < 4.78 is 0.426. The van der Waals surface area contributed by atoms with E-state index in [1.807, 2.05) is 0 Å². The molecule has 0 amide bonds. The van der Waals surface area contributed by atoms with E-state index < -0.39 is 4.92 Å². The Morgan fingerprint density at radius 1 is 1.44 bits per heavy atom. The van der Waals surface area contributed by atoms with Gasteiger partial charge in [-0.15, -0.1) is 0 Å². The van der Waals surface area contributed by atoms with Gasteiger partial charge >= 0.3 is 0 Å². The van der Waals surface area contributed by atoms with Crippen LogP contribution in [0, 0.1) is 10.1 Å². The highest BCUT2D eigenvalue weighted by Crippen LogP contribution is 2.26. The predicted octanol–water partition coefficient (Wildman–Crippen LogP) is 3.35. The van der Waals surface area contributed by atoms with E-state index in [4.69, 9.17) is 0 Å². The van der Waals surface area contributed by atoms with Gasteiger partial charge in [0.25, 0.3) is 5.69 Å². The number of allylic oxidation sites excluding steroid dienone is 1. The maximum absolute atomic E-state index is 11.0. The summed E-state index contributed by atoms with van der Waals surface area (Å²) in [6.07, 6.45) is 1.63. The van der Waals surface area contributed by atoms with E-state index in [0.29, 0.717) is 15.6 Å². The van der Waals surface area contributed by atoms with Crippen molar-refractivity contribution in [1.29, 1.82) is 0 Å². The zero-order chi connectivity index (χ0) is 12.3. The van der Waals surface area contributed by atoms with E-state index >= 15 is 0 Å². The van der Waals surface area contributed by atoms with Crippen LogP contribution in [0.25, 0.3) is 6.08 Å². The monoisotopic (exact) mass is 283 g/mol. The first-order chi connectivity index (χ1) is 7.41. The van der Waals surface area contributed by atoms with Gasteiger partial charge in [0.15, 0.2) is 5.78 Å². The maximum atomic E-state index is 11.0. The second kappa shape index (κ2) is 5.03. The summed E-state index contributed by atoms with van der Waals surface area (Å²) in [5.74, 6) is -0.0504. The van der Waals surface area contributed by atoms with Crippen molar-refractivity contribution in [3.05, 3.63) is 43.9 Å². The molecular weight excluding hydrogens is 274 g/mol. The van der Waals surface area contributed by atoms with Crippen LogP contribution >= 0.6 is 15.9 Å². The number of rotatable bonds is 3. The summed E-state index contributed by atoms with van der Waals surface area (Å²) in [5.41, 5.74) is 1.20. The topological polar surface area (TPSA) is 60.2 Å². The van der Waals surface area contributed by atoms with E-state index in [1.54, 1.807) is 25.1 Å². The lowest BCUT2D eigenvalue weighted by molar-refractivity contribution is -0.385. The van der Waals surface area contributed by atoms with Gasteiger partial charge in [-0.2, -0.15) is 0 Å². The molecule has 1 aromatic rings. The average molecular weight is 284 g/mol. The van der Waals surface area contributed by atoms with Crippen LogP contribution in [0.5, 0.6) is 0 Å². The number of hydrogen-bond donors (Lipinski definition) is 0. The third-order valence-electron chi connectivity index (χ3n) is 2.11. The van der Waals surface area contributed by atoms with Gasteiger partial charge in [-0.1, -0.05) is 6.07 Å². The zero-order valence-electron chi connectivity index (χ0n) is 8.86. The molecule has 0 aliphatic heterocycles. The molecule has 0 saturated carbocycles. The van der Waals surface area contributed by atoms with Crippen LogP contribution in [-0.4, -0.2) is 10.7 Å². The highest BCUT2D eigenvalue weighted by Gasteiger charge is 2.11. The number of nitro groups is 1. The van der Waals surface area contributed by atoms with Crippen molar-refractivity contribution < 1.29 is 9.72 Å². The van der Waals surface area contributed by atoms with Crippen molar-refractivity contribution in [2.24, 2.45) is 0 Å². The lowest BCUT2D eigenvalue weighted by atomic mass is 10.1. The molecule has 0 spiro atoms. The fourth-order valence-corrected chi connectivity index (χ4v) is 1.50. The van der Waals surface area contributed by atoms with E-state index in [2.05, 4.69) is 15.9 Å². The molecule has 1 rings (SSSR count). The van der Waals surface area contributed by atoms with Gasteiger partial charge in [-0.05, 0) is 53.1 Å². The number of hydrogen-bond acceptors (Lipinski definition) is 3. The van der Waals surface area contributed by atoms with Gasteiger partial charge < -0.3 is 0 Å². The highest BCUT2D eigenvalue weighted by molar-refractivity contribution is 9.10. The quantitative estimate of drug-likeness (QED) is 0.486. The summed E-state index contributed by atoms with van der Waals surface area (Å²) in [6.45, 7) is 3.13. The summed E-state index contributed by atoms with van der Waals surface area (Å²) in [7, 11) is 0. The fourth-order valence-electron chi connectivity index (χ4n) is 1.11. The van der Waals surface area contributed by atoms with Gasteiger partial charge in [0.05, 0.1) is 9.40 Å². The Hall–Kier alpha value is -1.49. The molecule has 16 heavy (non-hydrogen) atoms. The Morgan fingerprint density at radius 3 is 2.56 bits per heavy atom. The third kappa shape index (κ3) is 3.00. The largest absolute Gasteiger partial charge is 0.295 e. The minimum atomic E-state index is -0.468. The molecule has 84 valence electrons. The van der Waals surface area contributed by atoms with Crippen molar-refractivity contribution in [1.82, 2.24) is 0 Å². The second-order valence-corrected chi connectivity index (χ2v) is 4.21. The number of benzene rings is 1. The highest BCUT2D eigenvalue weighted by atomic mass is 79.9. The number of ketones is 1. The van der Waals surface area contributed by atoms with Gasteiger partial charge in [0.2, 0.25) is 0 Å². The lowest BCUT2D eigenvalue weighted by Crippen LogP contribution is -1.92. The maximum Gasteiger partial charge on any atom is 0.284 e. The minimum absolute atomic E-state index is 0.00916. The van der Waals surface area contributed by atoms with Crippen LogP contribution in [0.4, 0.5) is 5.69 Å². The molecule has 0 heterocycles. The number of Topliss-reactive ketones (excluding diaryl/α,β-unsaturated/α-hetero) is 1. The Kier molecular flexibility index (Phi) is 3.95. The predicted molar refractivity (Wildman–Crippen MR) is 65.1 cm³/mol. The summed E-state index contributed by atoms with van der Waals surface area (Å²) >= 11 is 3.10. The molecule has 4 nitrogen and oxygen atoms in total. The molecule has 0 aromatic heterocycles. The number of halogens is 1. The van der Waals surface area contributed by atoms with Crippen molar-refractivity contribution in [3.63, 3.8) is 0 Å². The van der Waals surface area contributed by atoms with Gasteiger partial charge in [0, 0.05) is 6.07 Å². The Morgan fingerprint density at radius 2 is 2.06 bits per heavy atom. The fraction of sp³-hybridized carbons (Fsp3) is 0.182. The standard InChI is InChI=1S/C11H10BrNO3/c1-7(8(2)14)5-9-3-4-10(12)11(6-9)13(15)16/h3-6H,1-2H3/b7-5+. The number of nitrogens with zero attached hydrogens (tertiary/aromatic N) is 1. The smallest absolute Gasteiger partial charge is 0.284 e. The van der Waals surface area contributed by atoms with Crippen molar-refractivity contribution in [3.8, 4) is 0 Å². The zero-order valence-corrected chi connectivity index (χ0v) is 10.4. The number of carbonyl (C=O) groups is 1. The Bertz CT molecular complexity index is 480. The molecular formula is C11H10BrNO3. The summed E-state index contributed by atoms with van der Waals surface area (Å²) in [5, 5.41) is 10.7. The summed E-state index contributed by atoms with van der Waals surface area (Å²) in [4.78, 5) is 21.2. The number of carbonyl (C=O) groups excluding carboxylic acids is 1. The van der Waals surface area contributed by atoms with E-state index in [9.17, 15) is 14.9 Å². The third-order valence-corrected chi connectivity index (χ3v) is 2.78. The molecule has 0 radical (unpaired) electrons. The molecule has 0 aliphatic carbocycles. The molecule has 5 heteroatoms. The minimum Gasteiger partial charge on any atom is -0.295 e. The molecule has 0 saturated heterocycles. The molecule has 1 aromatic carbocycles. The first-order valence-electron chi connectivity index (χ1n) is 4.55. The first-order valence-corrected chi connectivity index (χ1v) is 5.34. The van der Waals surface area contributed by atoms with Crippen LogP contribution < -0.4 is 0 Å².